The first kappa shape index (κ1) is 12.5. The van der Waals surface area contributed by atoms with Gasteiger partial charge >= 0.3 is 5.97 Å². The molecule has 1 rings (SSSR count). The van der Waals surface area contributed by atoms with Gasteiger partial charge in [0.1, 0.15) is 5.56 Å². The van der Waals surface area contributed by atoms with Crippen LogP contribution in [0.4, 0.5) is 0 Å². The zero-order valence-corrected chi connectivity index (χ0v) is 9.64. The zero-order chi connectivity index (χ0) is 12.0. The lowest BCUT2D eigenvalue weighted by Gasteiger charge is -2.13. The molecule has 1 N–H and O–H groups in total. The molecule has 0 bridgehead atoms. The molecule has 0 spiro atoms. The van der Waals surface area contributed by atoms with Crippen LogP contribution in [0.25, 0.3) is 0 Å². The van der Waals surface area contributed by atoms with E-state index in [9.17, 15) is 4.79 Å². The number of hydrogen-bond acceptors (Lipinski definition) is 3. The van der Waals surface area contributed by atoms with Gasteiger partial charge in [-0.1, -0.05) is 20.3 Å². The van der Waals surface area contributed by atoms with Crippen LogP contribution < -0.4 is 4.74 Å². The van der Waals surface area contributed by atoms with Gasteiger partial charge in [0, 0.05) is 6.20 Å². The zero-order valence-electron chi connectivity index (χ0n) is 9.64. The summed E-state index contributed by atoms with van der Waals surface area (Å²) >= 11 is 0. The fourth-order valence-corrected chi connectivity index (χ4v) is 1.48. The molecule has 0 amide bonds. The largest absolute Gasteiger partial charge is 0.491 e. The molecule has 0 aliphatic rings. The van der Waals surface area contributed by atoms with Gasteiger partial charge in [-0.2, -0.15) is 0 Å². The van der Waals surface area contributed by atoms with Crippen LogP contribution in [0, 0.1) is 5.92 Å². The van der Waals surface area contributed by atoms with Gasteiger partial charge in [0.25, 0.3) is 0 Å². The van der Waals surface area contributed by atoms with Crippen molar-refractivity contribution in [2.45, 2.75) is 26.7 Å². The van der Waals surface area contributed by atoms with Crippen LogP contribution >= 0.6 is 0 Å². The van der Waals surface area contributed by atoms with E-state index in [-0.39, 0.29) is 5.56 Å². The number of nitrogens with zero attached hydrogens (tertiary/aromatic N) is 1. The Morgan fingerprint density at radius 3 is 3.00 bits per heavy atom. The average molecular weight is 223 g/mol. The van der Waals surface area contributed by atoms with E-state index in [1.807, 2.05) is 0 Å². The summed E-state index contributed by atoms with van der Waals surface area (Å²) in [7, 11) is 0. The van der Waals surface area contributed by atoms with Crippen molar-refractivity contribution in [3.8, 4) is 5.75 Å². The molecule has 1 atom stereocenters. The Kier molecular flexibility index (Phi) is 4.76. The molecular weight excluding hydrogens is 206 g/mol. The summed E-state index contributed by atoms with van der Waals surface area (Å²) in [6.45, 7) is 4.73. The van der Waals surface area contributed by atoms with E-state index in [2.05, 4.69) is 18.8 Å². The molecule has 0 aliphatic heterocycles. The average Bonchev–Trinajstić information content (AvgIpc) is 2.27. The van der Waals surface area contributed by atoms with Crippen LogP contribution in [0.1, 0.15) is 37.0 Å². The van der Waals surface area contributed by atoms with Crippen molar-refractivity contribution in [1.82, 2.24) is 4.98 Å². The summed E-state index contributed by atoms with van der Waals surface area (Å²) in [6.07, 6.45) is 5.07. The smallest absolute Gasteiger partial charge is 0.339 e. The summed E-state index contributed by atoms with van der Waals surface area (Å²) in [6, 6.07) is 1.45. The number of carboxylic acids is 1. The molecule has 1 aromatic rings. The normalized spacial score (nSPS) is 12.1. The number of pyridine rings is 1. The number of carbonyl (C=O) groups is 1. The van der Waals surface area contributed by atoms with Crippen LogP contribution in [-0.4, -0.2) is 22.7 Å². The molecule has 1 unspecified atom stereocenters. The summed E-state index contributed by atoms with van der Waals surface area (Å²) < 4.78 is 5.47. The minimum absolute atomic E-state index is 0.165. The van der Waals surface area contributed by atoms with Crippen LogP contribution in [0.2, 0.25) is 0 Å². The fraction of sp³-hybridized carbons (Fsp3) is 0.500. The number of aromatic nitrogens is 1. The summed E-state index contributed by atoms with van der Waals surface area (Å²) in [5.74, 6) is -0.217. The van der Waals surface area contributed by atoms with Crippen molar-refractivity contribution in [3.05, 3.63) is 24.0 Å². The predicted molar refractivity (Wildman–Crippen MR) is 60.8 cm³/mol. The van der Waals surface area contributed by atoms with Crippen molar-refractivity contribution in [1.29, 1.82) is 0 Å². The third-order valence-corrected chi connectivity index (χ3v) is 2.32. The summed E-state index contributed by atoms with van der Waals surface area (Å²) in [5, 5.41) is 8.93. The lowest BCUT2D eigenvalue weighted by Crippen LogP contribution is -2.11. The molecule has 0 aliphatic carbocycles. The lowest BCUT2D eigenvalue weighted by atomic mass is 10.1. The first-order valence-electron chi connectivity index (χ1n) is 5.45. The molecule has 0 aromatic carbocycles. The number of aromatic carboxylic acids is 1. The maximum Gasteiger partial charge on any atom is 0.339 e. The van der Waals surface area contributed by atoms with E-state index >= 15 is 0 Å². The van der Waals surface area contributed by atoms with Gasteiger partial charge in [0.2, 0.25) is 0 Å². The Balaban J connectivity index is 2.63. The van der Waals surface area contributed by atoms with E-state index < -0.39 is 5.97 Å². The predicted octanol–water partition coefficient (Wildman–Crippen LogP) is 2.59. The SMILES string of the molecule is CCCC(C)COc1cnccc1C(=O)O. The molecule has 0 saturated carbocycles. The van der Waals surface area contributed by atoms with Crippen molar-refractivity contribution in [2.75, 3.05) is 6.61 Å². The van der Waals surface area contributed by atoms with E-state index in [4.69, 9.17) is 9.84 Å². The minimum atomic E-state index is -0.986. The highest BCUT2D eigenvalue weighted by atomic mass is 16.5. The topological polar surface area (TPSA) is 59.4 Å². The maximum absolute atomic E-state index is 10.9. The van der Waals surface area contributed by atoms with E-state index in [1.165, 1.54) is 18.5 Å². The lowest BCUT2D eigenvalue weighted by molar-refractivity contribution is 0.0691. The van der Waals surface area contributed by atoms with Crippen LogP contribution in [-0.2, 0) is 0 Å². The highest BCUT2D eigenvalue weighted by Crippen LogP contribution is 2.17. The van der Waals surface area contributed by atoms with Gasteiger partial charge in [-0.25, -0.2) is 4.79 Å². The third kappa shape index (κ3) is 3.53. The van der Waals surface area contributed by atoms with E-state index in [1.54, 1.807) is 0 Å². The van der Waals surface area contributed by atoms with Crippen molar-refractivity contribution < 1.29 is 14.6 Å². The number of hydrogen-bond donors (Lipinski definition) is 1. The van der Waals surface area contributed by atoms with Gasteiger partial charge in [-0.3, -0.25) is 4.98 Å². The molecule has 1 aromatic heterocycles. The van der Waals surface area contributed by atoms with Gasteiger partial charge < -0.3 is 9.84 Å². The molecule has 4 nitrogen and oxygen atoms in total. The Morgan fingerprint density at radius 1 is 1.62 bits per heavy atom. The molecule has 0 fully saturated rings. The third-order valence-electron chi connectivity index (χ3n) is 2.32. The summed E-state index contributed by atoms with van der Waals surface area (Å²) in [5.41, 5.74) is 0.165. The minimum Gasteiger partial charge on any atom is -0.491 e. The molecular formula is C12H17NO3. The molecule has 0 saturated heterocycles. The number of carboxylic acid groups (broad SMARTS) is 1. The molecule has 0 radical (unpaired) electrons. The van der Waals surface area contributed by atoms with Gasteiger partial charge in [0.05, 0.1) is 12.8 Å². The molecule has 4 heteroatoms. The Hall–Kier alpha value is -1.58. The van der Waals surface area contributed by atoms with Crippen molar-refractivity contribution >= 4 is 5.97 Å². The summed E-state index contributed by atoms with van der Waals surface area (Å²) in [4.78, 5) is 14.7. The fourth-order valence-electron chi connectivity index (χ4n) is 1.48. The first-order valence-corrected chi connectivity index (χ1v) is 5.45. The standard InChI is InChI=1S/C12H17NO3/c1-3-4-9(2)8-16-11-7-13-6-5-10(11)12(14)15/h5-7,9H,3-4,8H2,1-2H3,(H,14,15). The maximum atomic E-state index is 10.9. The highest BCUT2D eigenvalue weighted by Gasteiger charge is 2.11. The van der Waals surface area contributed by atoms with Gasteiger partial charge in [-0.05, 0) is 18.4 Å². The van der Waals surface area contributed by atoms with Crippen LogP contribution in [0.3, 0.4) is 0 Å². The Bertz CT molecular complexity index is 352. The highest BCUT2D eigenvalue weighted by molar-refractivity contribution is 5.90. The van der Waals surface area contributed by atoms with Gasteiger partial charge in [-0.15, -0.1) is 0 Å². The second-order valence-electron chi connectivity index (χ2n) is 3.88. The quantitative estimate of drug-likeness (QED) is 0.805. The first-order chi connectivity index (χ1) is 7.65. The monoisotopic (exact) mass is 223 g/mol. The molecule has 1 heterocycles. The van der Waals surface area contributed by atoms with Crippen LogP contribution in [0.15, 0.2) is 18.5 Å². The molecule has 88 valence electrons. The van der Waals surface area contributed by atoms with Gasteiger partial charge in [0.15, 0.2) is 5.75 Å². The van der Waals surface area contributed by atoms with E-state index in [0.29, 0.717) is 18.3 Å². The second kappa shape index (κ2) is 6.10. The van der Waals surface area contributed by atoms with Crippen molar-refractivity contribution in [3.63, 3.8) is 0 Å². The van der Waals surface area contributed by atoms with Crippen LogP contribution in [0.5, 0.6) is 5.75 Å². The Morgan fingerprint density at radius 2 is 2.38 bits per heavy atom. The molecule has 16 heavy (non-hydrogen) atoms. The second-order valence-corrected chi connectivity index (χ2v) is 3.88. The number of ether oxygens (including phenoxy) is 1. The van der Waals surface area contributed by atoms with E-state index in [0.717, 1.165) is 12.8 Å². The Labute approximate surface area is 95.3 Å². The van der Waals surface area contributed by atoms with Crippen molar-refractivity contribution in [2.24, 2.45) is 5.92 Å². The number of rotatable bonds is 6.